The molecule has 3 aromatic rings. The second kappa shape index (κ2) is 5.38. The van der Waals surface area contributed by atoms with E-state index in [1.165, 1.54) is 0 Å². The van der Waals surface area contributed by atoms with E-state index in [2.05, 4.69) is 48.3 Å². The van der Waals surface area contributed by atoms with Crippen molar-refractivity contribution in [2.24, 2.45) is 0 Å². The molecule has 0 fully saturated rings. The van der Waals surface area contributed by atoms with E-state index in [9.17, 15) is 0 Å². The molecule has 0 atom stereocenters. The molecule has 5 nitrogen and oxygen atoms in total. The van der Waals surface area contributed by atoms with E-state index in [4.69, 9.17) is 11.6 Å². The lowest BCUT2D eigenvalue weighted by Crippen LogP contribution is -2.02. The molecule has 2 heterocycles. The summed E-state index contributed by atoms with van der Waals surface area (Å²) in [6, 6.07) is 10.1. The summed E-state index contributed by atoms with van der Waals surface area (Å²) in [4.78, 5) is 12.9. The Hall–Kier alpha value is -1.66. The van der Waals surface area contributed by atoms with Gasteiger partial charge in [0.25, 0.3) is 0 Å². The molecule has 0 saturated carbocycles. The van der Waals surface area contributed by atoms with Gasteiger partial charge in [-0.05, 0) is 33.1 Å². The number of rotatable bonds is 3. The maximum Gasteiger partial charge on any atom is 0.226 e. The lowest BCUT2D eigenvalue weighted by Gasteiger charge is -2.06. The summed E-state index contributed by atoms with van der Waals surface area (Å²) in [5, 5.41) is 3.18. The lowest BCUT2D eigenvalue weighted by atomic mass is 10.2. The zero-order valence-electron chi connectivity index (χ0n) is 10.6. The third-order valence-corrected chi connectivity index (χ3v) is 3.72. The van der Waals surface area contributed by atoms with E-state index in [0.717, 1.165) is 5.56 Å². The Bertz CT molecular complexity index is 756. The van der Waals surface area contributed by atoms with Crippen molar-refractivity contribution in [3.05, 3.63) is 45.9 Å². The minimum absolute atomic E-state index is 0.198. The second-order valence-corrected chi connectivity index (χ2v) is 5.26. The van der Waals surface area contributed by atoms with E-state index in [1.807, 2.05) is 22.8 Å². The van der Waals surface area contributed by atoms with Gasteiger partial charge in [0.05, 0.1) is 6.54 Å². The van der Waals surface area contributed by atoms with E-state index in [-0.39, 0.29) is 5.28 Å². The molecule has 0 aliphatic rings. The molecule has 0 aliphatic heterocycles. The molecule has 102 valence electrons. The van der Waals surface area contributed by atoms with Gasteiger partial charge in [-0.2, -0.15) is 9.97 Å². The summed E-state index contributed by atoms with van der Waals surface area (Å²) in [6.07, 6.45) is 0. The second-order valence-electron chi connectivity index (χ2n) is 4.22. The van der Waals surface area contributed by atoms with E-state index in [1.54, 1.807) is 7.05 Å². The maximum atomic E-state index is 5.97. The van der Waals surface area contributed by atoms with Crippen molar-refractivity contribution < 1.29 is 0 Å². The van der Waals surface area contributed by atoms with Crippen LogP contribution in [0.3, 0.4) is 0 Å². The van der Waals surface area contributed by atoms with Crippen LogP contribution in [0.25, 0.3) is 11.2 Å². The Kier molecular flexibility index (Phi) is 3.58. The minimum atomic E-state index is 0.198. The topological polar surface area (TPSA) is 55.6 Å². The highest BCUT2D eigenvalue weighted by Crippen LogP contribution is 2.25. The molecule has 0 saturated heterocycles. The van der Waals surface area contributed by atoms with Gasteiger partial charge in [0.15, 0.2) is 21.7 Å². The highest BCUT2D eigenvalue weighted by Gasteiger charge is 2.15. The molecule has 0 amide bonds. The molecule has 0 radical (unpaired) electrons. The number of aromatic nitrogens is 4. The number of fused-ring (bicyclic) bond motifs is 1. The number of nitrogens with zero attached hydrogens (tertiary/aromatic N) is 4. The van der Waals surface area contributed by atoms with Crippen LogP contribution >= 0.6 is 27.5 Å². The Labute approximate surface area is 129 Å². The minimum Gasteiger partial charge on any atom is -0.371 e. The van der Waals surface area contributed by atoms with E-state index in [0.29, 0.717) is 28.3 Å². The first-order valence-corrected chi connectivity index (χ1v) is 7.17. The third kappa shape index (κ3) is 2.36. The zero-order valence-corrected chi connectivity index (χ0v) is 13.0. The van der Waals surface area contributed by atoms with Gasteiger partial charge < -0.3 is 5.32 Å². The number of nitrogens with one attached hydrogen (secondary N) is 1. The maximum absolute atomic E-state index is 5.97. The fourth-order valence-corrected chi connectivity index (χ4v) is 2.66. The van der Waals surface area contributed by atoms with Gasteiger partial charge >= 0.3 is 0 Å². The molecule has 7 heteroatoms. The van der Waals surface area contributed by atoms with Crippen molar-refractivity contribution in [3.8, 4) is 0 Å². The first-order valence-electron chi connectivity index (χ1n) is 6.00. The molecular weight excluding hydrogens is 342 g/mol. The molecule has 1 aromatic carbocycles. The Morgan fingerprint density at radius 2 is 1.95 bits per heavy atom. The highest BCUT2D eigenvalue weighted by atomic mass is 79.9. The average Bonchev–Trinajstić information content (AvgIpc) is 2.76. The standard InChI is InChI=1S/C13H11BrClN5/c1-16-10-9-11(19-13(15)18-10)20(12(14)17-9)7-8-5-3-2-4-6-8/h2-6H,7H2,1H3,(H,16,18,19). The molecule has 0 bridgehead atoms. The van der Waals surface area contributed by atoms with Crippen LogP contribution in [0.1, 0.15) is 5.56 Å². The van der Waals surface area contributed by atoms with Crippen LogP contribution < -0.4 is 5.32 Å². The van der Waals surface area contributed by atoms with Crippen LogP contribution in [0.4, 0.5) is 5.82 Å². The zero-order chi connectivity index (χ0) is 14.1. The predicted octanol–water partition coefficient (Wildman–Crippen LogP) is 3.33. The number of benzene rings is 1. The van der Waals surface area contributed by atoms with Crippen molar-refractivity contribution in [2.75, 3.05) is 12.4 Å². The average molecular weight is 353 g/mol. The Balaban J connectivity index is 2.15. The molecule has 2 aromatic heterocycles. The van der Waals surface area contributed by atoms with E-state index < -0.39 is 0 Å². The van der Waals surface area contributed by atoms with Crippen LogP contribution in [0.5, 0.6) is 0 Å². The third-order valence-electron chi connectivity index (χ3n) is 2.94. The quantitative estimate of drug-likeness (QED) is 0.580. The number of hydrogen-bond acceptors (Lipinski definition) is 4. The van der Waals surface area contributed by atoms with Crippen LogP contribution in [0, 0.1) is 0 Å². The summed E-state index contributed by atoms with van der Waals surface area (Å²) in [7, 11) is 1.78. The molecule has 0 aliphatic carbocycles. The largest absolute Gasteiger partial charge is 0.371 e. The van der Waals surface area contributed by atoms with Gasteiger partial charge in [-0.25, -0.2) is 4.98 Å². The van der Waals surface area contributed by atoms with Gasteiger partial charge in [-0.3, -0.25) is 4.57 Å². The number of anilines is 1. The van der Waals surface area contributed by atoms with Crippen molar-refractivity contribution in [1.29, 1.82) is 0 Å². The smallest absolute Gasteiger partial charge is 0.226 e. The van der Waals surface area contributed by atoms with Crippen molar-refractivity contribution in [1.82, 2.24) is 19.5 Å². The summed E-state index contributed by atoms with van der Waals surface area (Å²) in [5.41, 5.74) is 2.55. The SMILES string of the molecule is CNc1nc(Cl)nc2c1nc(Br)n2Cc1ccccc1. The molecule has 3 rings (SSSR count). The van der Waals surface area contributed by atoms with Gasteiger partial charge in [0, 0.05) is 7.05 Å². The first-order chi connectivity index (χ1) is 9.69. The fourth-order valence-electron chi connectivity index (χ4n) is 2.03. The molecule has 0 unspecified atom stereocenters. The van der Waals surface area contributed by atoms with Crippen LogP contribution in [0.2, 0.25) is 5.28 Å². The Morgan fingerprint density at radius 1 is 1.20 bits per heavy atom. The van der Waals surface area contributed by atoms with Crippen LogP contribution in [-0.2, 0) is 6.54 Å². The van der Waals surface area contributed by atoms with Crippen molar-refractivity contribution in [2.45, 2.75) is 6.54 Å². The summed E-state index contributed by atoms with van der Waals surface area (Å²) >= 11 is 9.44. The van der Waals surface area contributed by atoms with Gasteiger partial charge in [-0.1, -0.05) is 30.3 Å². The van der Waals surface area contributed by atoms with Crippen molar-refractivity contribution in [3.63, 3.8) is 0 Å². The normalized spacial score (nSPS) is 10.9. The summed E-state index contributed by atoms with van der Waals surface area (Å²) < 4.78 is 2.66. The lowest BCUT2D eigenvalue weighted by molar-refractivity contribution is 0.790. The van der Waals surface area contributed by atoms with Gasteiger partial charge in [-0.15, -0.1) is 0 Å². The van der Waals surface area contributed by atoms with Crippen LogP contribution in [0.15, 0.2) is 35.1 Å². The highest BCUT2D eigenvalue weighted by molar-refractivity contribution is 9.10. The number of halogens is 2. The van der Waals surface area contributed by atoms with E-state index >= 15 is 0 Å². The van der Waals surface area contributed by atoms with Crippen molar-refractivity contribution >= 4 is 44.5 Å². The molecule has 20 heavy (non-hydrogen) atoms. The molecule has 0 spiro atoms. The number of hydrogen-bond donors (Lipinski definition) is 1. The van der Waals surface area contributed by atoms with Gasteiger partial charge in [0.1, 0.15) is 0 Å². The first kappa shape index (κ1) is 13.3. The van der Waals surface area contributed by atoms with Gasteiger partial charge in [0.2, 0.25) is 5.28 Å². The summed E-state index contributed by atoms with van der Waals surface area (Å²) in [6.45, 7) is 0.661. The van der Waals surface area contributed by atoms with Crippen LogP contribution in [-0.4, -0.2) is 26.6 Å². The number of imidazole rings is 1. The fraction of sp³-hybridized carbons (Fsp3) is 0.154. The molecule has 1 N–H and O–H groups in total. The predicted molar refractivity (Wildman–Crippen MR) is 83.1 cm³/mol. The molecular formula is C13H11BrClN5. The monoisotopic (exact) mass is 351 g/mol. The Morgan fingerprint density at radius 3 is 2.65 bits per heavy atom. The summed E-state index contributed by atoms with van der Waals surface area (Å²) in [5.74, 6) is 0.618.